The second kappa shape index (κ2) is 8.47. The highest BCUT2D eigenvalue weighted by Crippen LogP contribution is 2.35. The Labute approximate surface area is 159 Å². The van der Waals surface area contributed by atoms with Crippen LogP contribution in [0.25, 0.3) is 11.0 Å². The van der Waals surface area contributed by atoms with Gasteiger partial charge in [0.15, 0.2) is 0 Å². The maximum Gasteiger partial charge on any atom is 0.230 e. The van der Waals surface area contributed by atoms with Crippen LogP contribution in [0.2, 0.25) is 0 Å². The summed E-state index contributed by atoms with van der Waals surface area (Å²) in [6.07, 6.45) is 9.96. The van der Waals surface area contributed by atoms with Crippen LogP contribution in [0.1, 0.15) is 63.1 Å². The monoisotopic (exact) mass is 371 g/mol. The Morgan fingerprint density at radius 1 is 1.12 bits per heavy atom. The molecule has 0 atom stereocenters. The Morgan fingerprint density at radius 3 is 2.65 bits per heavy atom. The van der Waals surface area contributed by atoms with Crippen molar-refractivity contribution in [1.29, 1.82) is 0 Å². The van der Waals surface area contributed by atoms with Crippen LogP contribution in [0, 0.1) is 5.92 Å². The van der Waals surface area contributed by atoms with E-state index in [0.29, 0.717) is 17.6 Å². The Balaban J connectivity index is 1.19. The molecule has 140 valence electrons. The largest absolute Gasteiger partial charge is 0.355 e. The zero-order valence-corrected chi connectivity index (χ0v) is 16.2. The molecule has 1 aromatic carbocycles. The van der Waals surface area contributed by atoms with E-state index in [9.17, 15) is 4.79 Å². The first-order valence-corrected chi connectivity index (χ1v) is 11.2. The highest BCUT2D eigenvalue weighted by atomic mass is 32.2. The lowest BCUT2D eigenvalue weighted by Gasteiger charge is -2.27. The van der Waals surface area contributed by atoms with Gasteiger partial charge in [0, 0.05) is 17.7 Å². The second-order valence-electron chi connectivity index (χ2n) is 7.88. The molecule has 26 heavy (non-hydrogen) atoms. The van der Waals surface area contributed by atoms with Crippen LogP contribution < -0.4 is 5.32 Å². The fraction of sp³-hybridized carbons (Fsp3) is 0.619. The SMILES string of the molecule is O=C(CSC1CCCC1)NCC1CCC(c2nc3ccccc3[nH]2)CC1. The number of imidazole rings is 1. The fourth-order valence-electron chi connectivity index (χ4n) is 4.36. The minimum Gasteiger partial charge on any atom is -0.355 e. The van der Waals surface area contributed by atoms with Crippen molar-refractivity contribution in [2.75, 3.05) is 12.3 Å². The van der Waals surface area contributed by atoms with Crippen LogP contribution in [0.3, 0.4) is 0 Å². The highest BCUT2D eigenvalue weighted by Gasteiger charge is 2.25. The molecule has 2 aromatic rings. The quantitative estimate of drug-likeness (QED) is 0.778. The van der Waals surface area contributed by atoms with Gasteiger partial charge in [-0.15, -0.1) is 11.8 Å². The van der Waals surface area contributed by atoms with Crippen LogP contribution in [0.5, 0.6) is 0 Å². The van der Waals surface area contributed by atoms with Crippen LogP contribution in [-0.2, 0) is 4.79 Å². The van der Waals surface area contributed by atoms with Crippen molar-refractivity contribution in [3.63, 3.8) is 0 Å². The van der Waals surface area contributed by atoms with E-state index in [4.69, 9.17) is 4.98 Å². The molecule has 2 fully saturated rings. The average molecular weight is 372 g/mol. The van der Waals surface area contributed by atoms with Crippen molar-refractivity contribution in [3.8, 4) is 0 Å². The third-order valence-corrected chi connectivity index (χ3v) is 7.35. The number of benzene rings is 1. The van der Waals surface area contributed by atoms with Crippen molar-refractivity contribution in [1.82, 2.24) is 15.3 Å². The van der Waals surface area contributed by atoms with Crippen LogP contribution in [-0.4, -0.2) is 33.4 Å². The van der Waals surface area contributed by atoms with Gasteiger partial charge in [-0.25, -0.2) is 4.98 Å². The number of aromatic amines is 1. The number of para-hydroxylation sites is 2. The molecule has 4 nitrogen and oxygen atoms in total. The number of H-pyrrole nitrogens is 1. The molecule has 0 spiro atoms. The van der Waals surface area contributed by atoms with Crippen molar-refractivity contribution in [2.45, 2.75) is 62.5 Å². The molecule has 0 radical (unpaired) electrons. The molecule has 1 amide bonds. The Kier molecular flexibility index (Phi) is 5.83. The smallest absolute Gasteiger partial charge is 0.230 e. The average Bonchev–Trinajstić information content (AvgIpc) is 3.34. The minimum atomic E-state index is 0.223. The molecule has 2 aliphatic rings. The zero-order chi connectivity index (χ0) is 17.8. The van der Waals surface area contributed by atoms with Gasteiger partial charge in [-0.2, -0.15) is 0 Å². The number of nitrogens with zero attached hydrogens (tertiary/aromatic N) is 1. The lowest BCUT2D eigenvalue weighted by molar-refractivity contribution is -0.118. The number of rotatable bonds is 6. The number of hydrogen-bond donors (Lipinski definition) is 2. The van der Waals surface area contributed by atoms with Crippen LogP contribution in [0.15, 0.2) is 24.3 Å². The summed E-state index contributed by atoms with van der Waals surface area (Å²) in [7, 11) is 0. The number of aromatic nitrogens is 2. The van der Waals surface area contributed by atoms with Gasteiger partial charge in [0.1, 0.15) is 5.82 Å². The molecule has 2 N–H and O–H groups in total. The third-order valence-electron chi connectivity index (χ3n) is 5.98. The Hall–Kier alpha value is -1.49. The zero-order valence-electron chi connectivity index (χ0n) is 15.4. The van der Waals surface area contributed by atoms with Crippen molar-refractivity contribution in [2.24, 2.45) is 5.92 Å². The number of fused-ring (bicyclic) bond motifs is 1. The Morgan fingerprint density at radius 2 is 1.88 bits per heavy atom. The van der Waals surface area contributed by atoms with Gasteiger partial charge in [-0.3, -0.25) is 4.79 Å². The number of carbonyl (C=O) groups excluding carboxylic acids is 1. The molecule has 5 heteroatoms. The van der Waals surface area contributed by atoms with Crippen molar-refractivity contribution >= 4 is 28.7 Å². The summed E-state index contributed by atoms with van der Waals surface area (Å²) in [6, 6.07) is 8.25. The van der Waals surface area contributed by atoms with Crippen LogP contribution >= 0.6 is 11.8 Å². The van der Waals surface area contributed by atoms with Crippen molar-refractivity contribution in [3.05, 3.63) is 30.1 Å². The highest BCUT2D eigenvalue weighted by molar-refractivity contribution is 8.00. The minimum absolute atomic E-state index is 0.223. The summed E-state index contributed by atoms with van der Waals surface area (Å²) in [5, 5.41) is 3.89. The van der Waals surface area contributed by atoms with Gasteiger partial charge >= 0.3 is 0 Å². The van der Waals surface area contributed by atoms with Crippen LogP contribution in [0.4, 0.5) is 0 Å². The first-order chi connectivity index (χ1) is 12.8. The summed E-state index contributed by atoms with van der Waals surface area (Å²) in [5.41, 5.74) is 2.20. The predicted molar refractivity (Wildman–Crippen MR) is 109 cm³/mol. The van der Waals surface area contributed by atoms with E-state index in [1.807, 2.05) is 17.8 Å². The molecule has 0 unspecified atom stereocenters. The van der Waals surface area contributed by atoms with E-state index in [-0.39, 0.29) is 5.91 Å². The Bertz CT molecular complexity index is 697. The molecule has 4 rings (SSSR count). The van der Waals surface area contributed by atoms with E-state index in [1.54, 1.807) is 0 Å². The molecule has 2 aliphatic carbocycles. The van der Waals surface area contributed by atoms with E-state index in [2.05, 4.69) is 28.5 Å². The predicted octanol–water partition coefficient (Wildman–Crippen LogP) is 4.63. The second-order valence-corrected chi connectivity index (χ2v) is 9.17. The van der Waals surface area contributed by atoms with Gasteiger partial charge in [0.2, 0.25) is 5.91 Å². The molecular formula is C21H29N3OS. The summed E-state index contributed by atoms with van der Waals surface area (Å²) in [6.45, 7) is 0.844. The van der Waals surface area contributed by atoms with Crippen molar-refractivity contribution < 1.29 is 4.79 Å². The van der Waals surface area contributed by atoms with Gasteiger partial charge < -0.3 is 10.3 Å². The summed E-state index contributed by atoms with van der Waals surface area (Å²) < 4.78 is 0. The molecule has 0 bridgehead atoms. The molecule has 0 aliphatic heterocycles. The molecule has 0 saturated heterocycles. The molecular weight excluding hydrogens is 342 g/mol. The number of thioether (sulfide) groups is 1. The van der Waals surface area contributed by atoms with E-state index in [1.165, 1.54) is 38.5 Å². The van der Waals surface area contributed by atoms with E-state index in [0.717, 1.165) is 41.5 Å². The topological polar surface area (TPSA) is 57.8 Å². The molecule has 1 heterocycles. The van der Waals surface area contributed by atoms with E-state index < -0.39 is 0 Å². The van der Waals surface area contributed by atoms with E-state index >= 15 is 0 Å². The maximum absolute atomic E-state index is 12.1. The fourth-order valence-corrected chi connectivity index (χ4v) is 5.52. The summed E-state index contributed by atoms with van der Waals surface area (Å²) >= 11 is 1.85. The number of nitrogens with one attached hydrogen (secondary N) is 2. The van der Waals surface area contributed by atoms with Gasteiger partial charge in [-0.1, -0.05) is 25.0 Å². The number of amides is 1. The molecule has 1 aromatic heterocycles. The first-order valence-electron chi connectivity index (χ1n) is 10.1. The first kappa shape index (κ1) is 17.9. The number of hydrogen-bond acceptors (Lipinski definition) is 3. The maximum atomic E-state index is 12.1. The number of carbonyl (C=O) groups is 1. The normalized spacial score (nSPS) is 24.2. The summed E-state index contributed by atoms with van der Waals surface area (Å²) in [4.78, 5) is 20.3. The van der Waals surface area contributed by atoms with Gasteiger partial charge in [-0.05, 0) is 56.6 Å². The van der Waals surface area contributed by atoms with Gasteiger partial charge in [0.05, 0.1) is 16.8 Å². The lowest BCUT2D eigenvalue weighted by Crippen LogP contribution is -2.32. The lowest BCUT2D eigenvalue weighted by atomic mass is 9.81. The van der Waals surface area contributed by atoms with Gasteiger partial charge in [0.25, 0.3) is 0 Å². The molecule has 2 saturated carbocycles. The summed E-state index contributed by atoms with van der Waals surface area (Å²) in [5.74, 6) is 3.16. The standard InChI is InChI=1S/C21H29N3OS/c25-20(14-26-17-5-1-2-6-17)22-13-15-9-11-16(12-10-15)21-23-18-7-3-4-8-19(18)24-21/h3-4,7-8,15-17H,1-2,5-6,9-14H2,(H,22,25)(H,23,24). The third kappa shape index (κ3) is 4.43.